The van der Waals surface area contributed by atoms with Gasteiger partial charge in [-0.2, -0.15) is 0 Å². The molecule has 6 unspecified atom stereocenters. The van der Waals surface area contributed by atoms with E-state index in [2.05, 4.69) is 137 Å². The minimum Gasteiger partial charge on any atom is -0.233 e. The van der Waals surface area contributed by atoms with Crippen molar-refractivity contribution in [3.8, 4) is 22.3 Å². The smallest absolute Gasteiger partial charge is 0.0175 e. The first-order valence-corrected chi connectivity index (χ1v) is 16.5. The van der Waals surface area contributed by atoms with E-state index in [0.29, 0.717) is 34.2 Å². The molecule has 4 aromatic carbocycles. The van der Waals surface area contributed by atoms with Gasteiger partial charge in [0.2, 0.25) is 0 Å². The lowest BCUT2D eigenvalue weighted by molar-refractivity contribution is 0.497. The zero-order chi connectivity index (χ0) is 25.9. The van der Waals surface area contributed by atoms with Gasteiger partial charge in [0.1, 0.15) is 0 Å². The fourth-order valence-corrected chi connectivity index (χ4v) is 12.7. The van der Waals surface area contributed by atoms with Crippen LogP contribution in [0.4, 0.5) is 0 Å². The Morgan fingerprint density at radius 1 is 0.459 bits per heavy atom. The molecule has 0 amide bonds. The van der Waals surface area contributed by atoms with E-state index in [1.54, 1.807) is 22.3 Å². The highest BCUT2D eigenvalue weighted by atomic mass is 32.3. The van der Waals surface area contributed by atoms with E-state index in [1.807, 2.05) is 0 Å². The van der Waals surface area contributed by atoms with E-state index >= 15 is 0 Å². The molecule has 0 bridgehead atoms. The molecule has 4 aromatic rings. The van der Waals surface area contributed by atoms with Crippen molar-refractivity contribution < 1.29 is 0 Å². The summed E-state index contributed by atoms with van der Waals surface area (Å²) in [5.74, 6) is 2.39. The lowest BCUT2D eigenvalue weighted by Gasteiger charge is -2.48. The first kappa shape index (κ1) is 24.6. The standard InChI is InChI=1S/C36H40S/c1-23-25(3)35(31-21-13-19-29(33(23)31)27-15-9-7-10-16-27)37(5,6)36-26(4)24(2)34-30(20-14-22-32(34)36)28-17-11-8-12-18-28/h7-26,35-36H,1-6H3. The van der Waals surface area contributed by atoms with Crippen LogP contribution in [0.3, 0.4) is 0 Å². The Labute approximate surface area is 225 Å². The topological polar surface area (TPSA) is 0 Å². The minimum absolute atomic E-state index is 0.562. The molecule has 0 nitrogen and oxygen atoms in total. The van der Waals surface area contributed by atoms with Crippen molar-refractivity contribution in [2.75, 3.05) is 12.5 Å². The van der Waals surface area contributed by atoms with Crippen LogP contribution in [0.1, 0.15) is 72.3 Å². The Kier molecular flexibility index (Phi) is 6.11. The number of fused-ring (bicyclic) bond motifs is 2. The van der Waals surface area contributed by atoms with Crippen molar-refractivity contribution in [3.63, 3.8) is 0 Å². The van der Waals surface area contributed by atoms with Gasteiger partial charge < -0.3 is 0 Å². The molecular formula is C36H40S. The van der Waals surface area contributed by atoms with Gasteiger partial charge in [0.15, 0.2) is 0 Å². The number of benzene rings is 4. The second-order valence-corrected chi connectivity index (χ2v) is 16.0. The minimum atomic E-state index is -1.03. The third-order valence-corrected chi connectivity index (χ3v) is 13.8. The van der Waals surface area contributed by atoms with E-state index < -0.39 is 10.0 Å². The first-order valence-electron chi connectivity index (χ1n) is 13.9. The molecule has 0 saturated carbocycles. The quantitative estimate of drug-likeness (QED) is 0.259. The van der Waals surface area contributed by atoms with Gasteiger partial charge in [-0.05, 0) is 80.7 Å². The van der Waals surface area contributed by atoms with Gasteiger partial charge in [-0.3, -0.25) is 0 Å². The predicted molar refractivity (Wildman–Crippen MR) is 164 cm³/mol. The zero-order valence-electron chi connectivity index (χ0n) is 23.1. The average molecular weight is 505 g/mol. The molecular weight excluding hydrogens is 464 g/mol. The summed E-state index contributed by atoms with van der Waals surface area (Å²) < 4.78 is 0. The van der Waals surface area contributed by atoms with Crippen LogP contribution in [-0.2, 0) is 0 Å². The van der Waals surface area contributed by atoms with Crippen LogP contribution in [0, 0.1) is 11.8 Å². The highest BCUT2D eigenvalue weighted by Gasteiger charge is 2.50. The van der Waals surface area contributed by atoms with Crippen LogP contribution in [0.15, 0.2) is 97.1 Å². The molecule has 190 valence electrons. The predicted octanol–water partition coefficient (Wildman–Crippen LogP) is 10.4. The van der Waals surface area contributed by atoms with Crippen molar-refractivity contribution in [1.82, 2.24) is 0 Å². The van der Waals surface area contributed by atoms with Crippen LogP contribution in [-0.4, -0.2) is 12.5 Å². The molecule has 0 aliphatic heterocycles. The van der Waals surface area contributed by atoms with Crippen LogP contribution in [0.2, 0.25) is 0 Å². The Morgan fingerprint density at radius 3 is 1.22 bits per heavy atom. The van der Waals surface area contributed by atoms with Gasteiger partial charge in [0.25, 0.3) is 0 Å². The van der Waals surface area contributed by atoms with E-state index in [4.69, 9.17) is 0 Å². The summed E-state index contributed by atoms with van der Waals surface area (Å²) in [4.78, 5) is 0. The third-order valence-electron chi connectivity index (χ3n) is 9.81. The summed E-state index contributed by atoms with van der Waals surface area (Å²) in [6, 6.07) is 36.3. The van der Waals surface area contributed by atoms with Crippen LogP contribution in [0.5, 0.6) is 0 Å². The molecule has 6 rings (SSSR count). The SMILES string of the molecule is CC1c2c(-c3ccccc3)cccc2C(S(C)(C)C2c3cccc(-c4ccccc4)c3C(C)C2C)C1C. The largest absolute Gasteiger partial charge is 0.233 e. The van der Waals surface area contributed by atoms with Crippen LogP contribution in [0.25, 0.3) is 22.3 Å². The van der Waals surface area contributed by atoms with Crippen molar-refractivity contribution >= 4 is 10.0 Å². The molecule has 2 aliphatic rings. The van der Waals surface area contributed by atoms with Crippen molar-refractivity contribution in [2.24, 2.45) is 11.8 Å². The summed E-state index contributed by atoms with van der Waals surface area (Å²) in [7, 11) is -1.03. The second-order valence-electron chi connectivity index (χ2n) is 12.0. The summed E-state index contributed by atoms with van der Waals surface area (Å²) in [5, 5.41) is 1.21. The third kappa shape index (κ3) is 3.73. The molecule has 6 atom stereocenters. The zero-order valence-corrected chi connectivity index (χ0v) is 23.9. The van der Waals surface area contributed by atoms with Crippen LogP contribution < -0.4 is 0 Å². The van der Waals surface area contributed by atoms with E-state index in [-0.39, 0.29) is 0 Å². The summed E-state index contributed by atoms with van der Waals surface area (Å²) in [6.07, 6.45) is 5.31. The molecule has 0 spiro atoms. The van der Waals surface area contributed by atoms with Gasteiger partial charge >= 0.3 is 0 Å². The summed E-state index contributed by atoms with van der Waals surface area (Å²) in [5.41, 5.74) is 12.0. The Hall–Kier alpha value is -2.77. The van der Waals surface area contributed by atoms with Gasteiger partial charge in [-0.25, -0.2) is 10.0 Å². The highest BCUT2D eigenvalue weighted by molar-refractivity contribution is 8.33. The van der Waals surface area contributed by atoms with Gasteiger partial charge in [-0.15, -0.1) is 0 Å². The van der Waals surface area contributed by atoms with Crippen molar-refractivity contribution in [3.05, 3.63) is 119 Å². The summed E-state index contributed by atoms with van der Waals surface area (Å²) in [6.45, 7) is 10.0. The maximum atomic E-state index is 2.66. The first-order chi connectivity index (χ1) is 17.8. The summed E-state index contributed by atoms with van der Waals surface area (Å²) >= 11 is 0. The second kappa shape index (κ2) is 9.21. The molecule has 0 heterocycles. The van der Waals surface area contributed by atoms with E-state index in [0.717, 1.165) is 0 Å². The molecule has 37 heavy (non-hydrogen) atoms. The number of hydrogen-bond donors (Lipinski definition) is 0. The lowest BCUT2D eigenvalue weighted by Crippen LogP contribution is -2.22. The Morgan fingerprint density at radius 2 is 0.838 bits per heavy atom. The molecule has 0 N–H and O–H groups in total. The number of rotatable bonds is 4. The highest BCUT2D eigenvalue weighted by Crippen LogP contribution is 2.76. The Balaban J connectivity index is 1.48. The number of hydrogen-bond acceptors (Lipinski definition) is 0. The fourth-order valence-electron chi connectivity index (χ4n) is 7.95. The lowest BCUT2D eigenvalue weighted by atomic mass is 9.90. The average Bonchev–Trinajstić information content (AvgIpc) is 3.34. The molecule has 0 radical (unpaired) electrons. The van der Waals surface area contributed by atoms with Gasteiger partial charge in [0.05, 0.1) is 0 Å². The Bertz CT molecular complexity index is 1310. The maximum Gasteiger partial charge on any atom is 0.0175 e. The fraction of sp³-hybridized carbons (Fsp3) is 0.333. The van der Waals surface area contributed by atoms with E-state index in [9.17, 15) is 0 Å². The molecule has 0 aromatic heterocycles. The van der Waals surface area contributed by atoms with Gasteiger partial charge in [-0.1, -0.05) is 125 Å². The van der Waals surface area contributed by atoms with Crippen molar-refractivity contribution in [1.29, 1.82) is 0 Å². The van der Waals surface area contributed by atoms with Crippen molar-refractivity contribution in [2.45, 2.75) is 50.0 Å². The molecule has 2 aliphatic carbocycles. The van der Waals surface area contributed by atoms with Crippen LogP contribution >= 0.6 is 10.0 Å². The van der Waals surface area contributed by atoms with E-state index in [1.165, 1.54) is 22.3 Å². The molecule has 1 heteroatoms. The normalized spacial score (nSPS) is 27.1. The monoisotopic (exact) mass is 504 g/mol. The molecule has 0 fully saturated rings. The molecule has 0 saturated heterocycles. The maximum absolute atomic E-state index is 2.66. The van der Waals surface area contributed by atoms with Gasteiger partial charge in [0, 0.05) is 10.5 Å².